The Balaban J connectivity index is 2.12. The first kappa shape index (κ1) is 9.92. The van der Waals surface area contributed by atoms with Gasteiger partial charge in [-0.05, 0) is 12.5 Å². The van der Waals surface area contributed by atoms with Gasteiger partial charge in [0.15, 0.2) is 0 Å². The smallest absolute Gasteiger partial charge is 0.222 e. The molecule has 5 nitrogen and oxygen atoms in total. The van der Waals surface area contributed by atoms with Crippen molar-refractivity contribution in [2.24, 2.45) is 5.84 Å². The molecule has 1 amide bonds. The highest BCUT2D eigenvalue weighted by molar-refractivity contribution is 5.78. The maximum absolute atomic E-state index is 11.4. The van der Waals surface area contributed by atoms with Gasteiger partial charge in [-0.2, -0.15) is 0 Å². The topological polar surface area (TPSA) is 71.2 Å². The zero-order valence-corrected chi connectivity index (χ0v) is 8.44. The second-order valence-electron chi connectivity index (χ2n) is 3.57. The molecule has 0 spiro atoms. The normalized spacial score (nSPS) is 15.8. The van der Waals surface area contributed by atoms with Gasteiger partial charge in [0.05, 0.1) is 0 Å². The summed E-state index contributed by atoms with van der Waals surface area (Å²) in [6.07, 6.45) is 3.28. The van der Waals surface area contributed by atoms with Gasteiger partial charge in [-0.15, -0.1) is 0 Å². The molecule has 1 fully saturated rings. The van der Waals surface area contributed by atoms with E-state index in [1.54, 1.807) is 6.20 Å². The van der Waals surface area contributed by atoms with Crippen molar-refractivity contribution < 1.29 is 4.79 Å². The molecule has 2 heterocycles. The number of hydrazine groups is 1. The molecule has 2 rings (SSSR count). The van der Waals surface area contributed by atoms with Gasteiger partial charge in [-0.25, -0.2) is 10.8 Å². The quantitative estimate of drug-likeness (QED) is 0.557. The van der Waals surface area contributed by atoms with Crippen LogP contribution in [0.3, 0.4) is 0 Å². The molecule has 0 radical (unpaired) electrons. The third-order valence-electron chi connectivity index (χ3n) is 2.56. The van der Waals surface area contributed by atoms with E-state index >= 15 is 0 Å². The Morgan fingerprint density at radius 1 is 1.60 bits per heavy atom. The van der Waals surface area contributed by atoms with Crippen LogP contribution in [0.4, 0.5) is 5.82 Å². The minimum atomic E-state index is 0.210. The predicted molar refractivity (Wildman–Crippen MR) is 56.7 cm³/mol. The summed E-state index contributed by atoms with van der Waals surface area (Å²) in [5.74, 6) is 6.19. The minimum Gasteiger partial charge on any atom is -0.338 e. The van der Waals surface area contributed by atoms with E-state index < -0.39 is 0 Å². The first-order valence-electron chi connectivity index (χ1n) is 4.99. The molecule has 1 aliphatic heterocycles. The van der Waals surface area contributed by atoms with E-state index in [1.165, 1.54) is 0 Å². The lowest BCUT2D eigenvalue weighted by molar-refractivity contribution is -0.128. The molecular weight excluding hydrogens is 192 g/mol. The standard InChI is InChI=1S/C10H14N4O/c11-13-10-8(3-1-5-12-10)7-14-6-2-4-9(14)15/h1,3,5H,2,4,6-7,11H2,(H,12,13). The van der Waals surface area contributed by atoms with E-state index in [1.807, 2.05) is 17.0 Å². The molecule has 1 saturated heterocycles. The van der Waals surface area contributed by atoms with Gasteiger partial charge in [0, 0.05) is 31.3 Å². The molecule has 1 aromatic rings. The van der Waals surface area contributed by atoms with Crippen molar-refractivity contribution in [3.05, 3.63) is 23.9 Å². The number of hydrogen-bond acceptors (Lipinski definition) is 4. The van der Waals surface area contributed by atoms with Crippen LogP contribution in [0.25, 0.3) is 0 Å². The molecule has 0 bridgehead atoms. The van der Waals surface area contributed by atoms with Crippen LogP contribution in [-0.4, -0.2) is 22.3 Å². The first-order chi connectivity index (χ1) is 7.31. The number of rotatable bonds is 3. The van der Waals surface area contributed by atoms with E-state index in [4.69, 9.17) is 5.84 Å². The largest absolute Gasteiger partial charge is 0.338 e. The summed E-state index contributed by atoms with van der Waals surface area (Å²) in [5, 5.41) is 0. The molecule has 80 valence electrons. The van der Waals surface area contributed by atoms with Crippen LogP contribution in [0.1, 0.15) is 18.4 Å². The van der Waals surface area contributed by atoms with Crippen molar-refractivity contribution in [1.29, 1.82) is 0 Å². The number of carbonyl (C=O) groups is 1. The van der Waals surface area contributed by atoms with Crippen LogP contribution in [0.2, 0.25) is 0 Å². The van der Waals surface area contributed by atoms with Crippen molar-refractivity contribution >= 4 is 11.7 Å². The molecule has 0 saturated carbocycles. The highest BCUT2D eigenvalue weighted by Crippen LogP contribution is 2.17. The molecule has 3 N–H and O–H groups in total. The lowest BCUT2D eigenvalue weighted by Crippen LogP contribution is -2.25. The average molecular weight is 206 g/mol. The average Bonchev–Trinajstić information content (AvgIpc) is 2.65. The van der Waals surface area contributed by atoms with Crippen molar-refractivity contribution in [2.75, 3.05) is 12.0 Å². The molecule has 0 atom stereocenters. The van der Waals surface area contributed by atoms with E-state index in [0.29, 0.717) is 18.8 Å². The van der Waals surface area contributed by atoms with Crippen LogP contribution < -0.4 is 11.3 Å². The minimum absolute atomic E-state index is 0.210. The molecule has 0 aliphatic carbocycles. The van der Waals surface area contributed by atoms with Crippen LogP contribution in [0, 0.1) is 0 Å². The summed E-state index contributed by atoms with van der Waals surface area (Å²) in [7, 11) is 0. The molecule has 15 heavy (non-hydrogen) atoms. The number of nitrogen functional groups attached to an aromatic ring is 1. The Morgan fingerprint density at radius 2 is 2.47 bits per heavy atom. The Kier molecular flexibility index (Phi) is 2.82. The Hall–Kier alpha value is -1.62. The zero-order chi connectivity index (χ0) is 10.7. The highest BCUT2D eigenvalue weighted by atomic mass is 16.2. The summed E-state index contributed by atoms with van der Waals surface area (Å²) in [4.78, 5) is 17.4. The molecular formula is C10H14N4O. The summed E-state index contributed by atoms with van der Waals surface area (Å²) in [6, 6.07) is 3.77. The number of nitrogens with zero attached hydrogens (tertiary/aromatic N) is 2. The summed E-state index contributed by atoms with van der Waals surface area (Å²) in [6.45, 7) is 1.42. The van der Waals surface area contributed by atoms with Gasteiger partial charge in [0.1, 0.15) is 5.82 Å². The predicted octanol–water partition coefficient (Wildman–Crippen LogP) is 0.490. The zero-order valence-electron chi connectivity index (χ0n) is 8.44. The Morgan fingerprint density at radius 3 is 3.13 bits per heavy atom. The van der Waals surface area contributed by atoms with E-state index in [0.717, 1.165) is 18.5 Å². The molecule has 0 unspecified atom stereocenters. The van der Waals surface area contributed by atoms with Crippen LogP contribution in [-0.2, 0) is 11.3 Å². The van der Waals surface area contributed by atoms with E-state index in [2.05, 4.69) is 10.4 Å². The lowest BCUT2D eigenvalue weighted by Gasteiger charge is -2.16. The van der Waals surface area contributed by atoms with E-state index in [9.17, 15) is 4.79 Å². The van der Waals surface area contributed by atoms with Gasteiger partial charge in [-0.1, -0.05) is 6.07 Å². The van der Waals surface area contributed by atoms with Crippen LogP contribution in [0.5, 0.6) is 0 Å². The van der Waals surface area contributed by atoms with Gasteiger partial charge in [0.25, 0.3) is 0 Å². The number of aromatic nitrogens is 1. The van der Waals surface area contributed by atoms with Crippen molar-refractivity contribution in [3.63, 3.8) is 0 Å². The molecule has 0 aromatic carbocycles. The number of amides is 1. The summed E-state index contributed by atoms with van der Waals surface area (Å²) >= 11 is 0. The third kappa shape index (κ3) is 2.07. The number of carbonyl (C=O) groups excluding carboxylic acids is 1. The second-order valence-corrected chi connectivity index (χ2v) is 3.57. The second kappa shape index (κ2) is 4.27. The van der Waals surface area contributed by atoms with Gasteiger partial charge >= 0.3 is 0 Å². The van der Waals surface area contributed by atoms with Crippen LogP contribution in [0.15, 0.2) is 18.3 Å². The lowest BCUT2D eigenvalue weighted by atomic mass is 10.2. The third-order valence-corrected chi connectivity index (χ3v) is 2.56. The fourth-order valence-corrected chi connectivity index (χ4v) is 1.77. The highest BCUT2D eigenvalue weighted by Gasteiger charge is 2.20. The molecule has 1 aliphatic rings. The Bertz CT molecular complexity index is 366. The summed E-state index contributed by atoms with van der Waals surface area (Å²) < 4.78 is 0. The van der Waals surface area contributed by atoms with Crippen molar-refractivity contribution in [1.82, 2.24) is 9.88 Å². The number of nitrogens with one attached hydrogen (secondary N) is 1. The SMILES string of the molecule is NNc1ncccc1CN1CCCC1=O. The Labute approximate surface area is 88.3 Å². The molecule has 5 heteroatoms. The number of likely N-dealkylation sites (tertiary alicyclic amines) is 1. The van der Waals surface area contributed by atoms with Crippen molar-refractivity contribution in [2.45, 2.75) is 19.4 Å². The fourth-order valence-electron chi connectivity index (χ4n) is 1.77. The monoisotopic (exact) mass is 206 g/mol. The number of nitrogens with two attached hydrogens (primary N) is 1. The first-order valence-corrected chi connectivity index (χ1v) is 4.99. The molecule has 1 aromatic heterocycles. The number of hydrogen-bond donors (Lipinski definition) is 2. The van der Waals surface area contributed by atoms with Gasteiger partial charge in [-0.3, -0.25) is 4.79 Å². The maximum Gasteiger partial charge on any atom is 0.222 e. The summed E-state index contributed by atoms with van der Waals surface area (Å²) in [5.41, 5.74) is 3.49. The number of anilines is 1. The number of pyridine rings is 1. The fraction of sp³-hybridized carbons (Fsp3) is 0.400. The van der Waals surface area contributed by atoms with Gasteiger partial charge in [0.2, 0.25) is 5.91 Å². The maximum atomic E-state index is 11.4. The van der Waals surface area contributed by atoms with Crippen LogP contribution >= 0.6 is 0 Å². The van der Waals surface area contributed by atoms with Gasteiger partial charge < -0.3 is 10.3 Å². The van der Waals surface area contributed by atoms with Crippen molar-refractivity contribution in [3.8, 4) is 0 Å². The van der Waals surface area contributed by atoms with E-state index in [-0.39, 0.29) is 5.91 Å².